The summed E-state index contributed by atoms with van der Waals surface area (Å²) in [5, 5.41) is 1.21. The molecule has 0 bridgehead atoms. The van der Waals surface area contributed by atoms with Crippen molar-refractivity contribution in [1.29, 1.82) is 0 Å². The summed E-state index contributed by atoms with van der Waals surface area (Å²) in [6.07, 6.45) is 0. The molecule has 3 aromatic rings. The van der Waals surface area contributed by atoms with Crippen LogP contribution in [0.5, 0.6) is 5.75 Å². The van der Waals surface area contributed by atoms with Crippen molar-refractivity contribution in [3.8, 4) is 17.0 Å². The van der Waals surface area contributed by atoms with Crippen molar-refractivity contribution < 1.29 is 4.74 Å². The van der Waals surface area contributed by atoms with Crippen LogP contribution in [0.1, 0.15) is 11.1 Å². The number of rotatable bonds is 2. The minimum Gasteiger partial charge on any atom is -0.497 e. The van der Waals surface area contributed by atoms with E-state index in [1.807, 2.05) is 18.2 Å². The third-order valence-electron chi connectivity index (χ3n) is 3.52. The molecule has 0 radical (unpaired) electrons. The summed E-state index contributed by atoms with van der Waals surface area (Å²) >= 11 is 0. The molecular weight excluding hydrogens is 246 g/mol. The second-order valence-electron chi connectivity index (χ2n) is 5.08. The lowest BCUT2D eigenvalue weighted by Crippen LogP contribution is -1.89. The van der Waals surface area contributed by atoms with Gasteiger partial charge in [0.1, 0.15) is 5.75 Å². The van der Waals surface area contributed by atoms with E-state index in [1.165, 1.54) is 16.5 Å². The van der Waals surface area contributed by atoms with Crippen molar-refractivity contribution in [2.24, 2.45) is 0 Å². The molecule has 0 N–H and O–H groups in total. The minimum absolute atomic E-state index is 0.852. The zero-order valence-corrected chi connectivity index (χ0v) is 12.0. The number of nitrogens with zero attached hydrogens (tertiary/aromatic N) is 1. The fourth-order valence-corrected chi connectivity index (χ4v) is 2.54. The third-order valence-corrected chi connectivity index (χ3v) is 3.52. The molecule has 1 heterocycles. The maximum absolute atomic E-state index is 5.27. The van der Waals surface area contributed by atoms with Crippen LogP contribution in [-0.2, 0) is 0 Å². The number of aromatic nitrogens is 1. The largest absolute Gasteiger partial charge is 0.497 e. The fourth-order valence-electron chi connectivity index (χ4n) is 2.54. The zero-order chi connectivity index (χ0) is 14.1. The Balaban J connectivity index is 2.17. The summed E-state index contributed by atoms with van der Waals surface area (Å²) in [5.74, 6) is 0.852. The first-order valence-electron chi connectivity index (χ1n) is 6.70. The molecule has 0 unspecified atom stereocenters. The molecule has 100 valence electrons. The van der Waals surface area contributed by atoms with Gasteiger partial charge in [0.2, 0.25) is 0 Å². The molecule has 1 aromatic heterocycles. The van der Waals surface area contributed by atoms with Crippen LogP contribution in [0.15, 0.2) is 48.5 Å². The van der Waals surface area contributed by atoms with Gasteiger partial charge in [-0.15, -0.1) is 0 Å². The van der Waals surface area contributed by atoms with Crippen molar-refractivity contribution >= 4 is 10.9 Å². The van der Waals surface area contributed by atoms with Crippen LogP contribution in [0.25, 0.3) is 22.2 Å². The van der Waals surface area contributed by atoms with E-state index in [0.717, 1.165) is 22.5 Å². The van der Waals surface area contributed by atoms with E-state index < -0.39 is 0 Å². The molecule has 2 aromatic carbocycles. The molecule has 0 saturated heterocycles. The Kier molecular flexibility index (Phi) is 3.15. The molecule has 0 aliphatic heterocycles. The summed E-state index contributed by atoms with van der Waals surface area (Å²) in [6, 6.07) is 16.5. The molecule has 0 fully saturated rings. The van der Waals surface area contributed by atoms with Crippen molar-refractivity contribution in [1.82, 2.24) is 4.98 Å². The Bertz CT molecular complexity index is 777. The lowest BCUT2D eigenvalue weighted by atomic mass is 10.0. The first-order valence-corrected chi connectivity index (χ1v) is 6.70. The predicted molar refractivity (Wildman–Crippen MR) is 83.2 cm³/mol. The van der Waals surface area contributed by atoms with E-state index in [1.54, 1.807) is 7.11 Å². The van der Waals surface area contributed by atoms with Gasteiger partial charge >= 0.3 is 0 Å². The standard InChI is InChI=1S/C18H17NO/c1-12-9-13(2)16-7-8-17(19-18(16)10-12)14-5-4-6-15(11-14)20-3/h4-11H,1-3H3. The average molecular weight is 263 g/mol. The highest BCUT2D eigenvalue weighted by Crippen LogP contribution is 2.26. The molecule has 20 heavy (non-hydrogen) atoms. The molecule has 0 aliphatic rings. The summed E-state index contributed by atoms with van der Waals surface area (Å²) < 4.78 is 5.27. The van der Waals surface area contributed by atoms with E-state index >= 15 is 0 Å². The highest BCUT2D eigenvalue weighted by molar-refractivity contribution is 5.85. The summed E-state index contributed by atoms with van der Waals surface area (Å²) in [5.41, 5.74) is 5.60. The Labute approximate surface area is 119 Å². The van der Waals surface area contributed by atoms with Crippen LogP contribution >= 0.6 is 0 Å². The van der Waals surface area contributed by atoms with Crippen LogP contribution in [-0.4, -0.2) is 12.1 Å². The lowest BCUT2D eigenvalue weighted by molar-refractivity contribution is 0.415. The van der Waals surface area contributed by atoms with Crippen LogP contribution in [0.2, 0.25) is 0 Å². The molecule has 2 heteroatoms. The van der Waals surface area contributed by atoms with Crippen LogP contribution in [0.3, 0.4) is 0 Å². The van der Waals surface area contributed by atoms with Crippen molar-refractivity contribution in [3.63, 3.8) is 0 Å². The van der Waals surface area contributed by atoms with Crippen molar-refractivity contribution in [2.75, 3.05) is 7.11 Å². The van der Waals surface area contributed by atoms with E-state index in [-0.39, 0.29) is 0 Å². The number of aryl methyl sites for hydroxylation is 2. The third kappa shape index (κ3) is 2.25. The minimum atomic E-state index is 0.852. The van der Waals surface area contributed by atoms with Gasteiger partial charge in [-0.05, 0) is 49.2 Å². The summed E-state index contributed by atoms with van der Waals surface area (Å²) in [7, 11) is 1.68. The number of pyridine rings is 1. The van der Waals surface area contributed by atoms with Crippen LogP contribution in [0.4, 0.5) is 0 Å². The lowest BCUT2D eigenvalue weighted by Gasteiger charge is -2.08. The van der Waals surface area contributed by atoms with Crippen molar-refractivity contribution in [3.05, 3.63) is 59.7 Å². The maximum atomic E-state index is 5.27. The number of fused-ring (bicyclic) bond motifs is 1. The van der Waals surface area contributed by atoms with Gasteiger partial charge in [-0.1, -0.05) is 24.3 Å². The normalized spacial score (nSPS) is 10.8. The molecule has 0 atom stereocenters. The summed E-state index contributed by atoms with van der Waals surface area (Å²) in [6.45, 7) is 4.23. The van der Waals surface area contributed by atoms with Gasteiger partial charge in [-0.25, -0.2) is 4.98 Å². The number of ether oxygens (including phenoxy) is 1. The highest BCUT2D eigenvalue weighted by atomic mass is 16.5. The Morgan fingerprint density at radius 2 is 1.80 bits per heavy atom. The van der Waals surface area contributed by atoms with Gasteiger partial charge in [0.25, 0.3) is 0 Å². The van der Waals surface area contributed by atoms with Gasteiger partial charge < -0.3 is 4.74 Å². The van der Waals surface area contributed by atoms with E-state index in [4.69, 9.17) is 9.72 Å². The smallest absolute Gasteiger partial charge is 0.119 e. The maximum Gasteiger partial charge on any atom is 0.119 e. The molecule has 0 spiro atoms. The number of hydrogen-bond donors (Lipinski definition) is 0. The Morgan fingerprint density at radius 3 is 2.60 bits per heavy atom. The first kappa shape index (κ1) is 12.7. The number of methoxy groups -OCH3 is 1. The highest BCUT2D eigenvalue weighted by Gasteiger charge is 2.05. The summed E-state index contributed by atoms with van der Waals surface area (Å²) in [4.78, 5) is 4.79. The molecule has 0 amide bonds. The van der Waals surface area contributed by atoms with Gasteiger partial charge in [0, 0.05) is 10.9 Å². The Morgan fingerprint density at radius 1 is 0.950 bits per heavy atom. The quantitative estimate of drug-likeness (QED) is 0.677. The number of hydrogen-bond acceptors (Lipinski definition) is 2. The molecule has 0 aliphatic carbocycles. The first-order chi connectivity index (χ1) is 9.67. The second-order valence-corrected chi connectivity index (χ2v) is 5.08. The topological polar surface area (TPSA) is 22.1 Å². The fraction of sp³-hybridized carbons (Fsp3) is 0.167. The molecule has 0 saturated carbocycles. The monoisotopic (exact) mass is 263 g/mol. The van der Waals surface area contributed by atoms with Crippen LogP contribution < -0.4 is 4.74 Å². The second kappa shape index (κ2) is 4.97. The molecular formula is C18H17NO. The zero-order valence-electron chi connectivity index (χ0n) is 12.0. The van der Waals surface area contributed by atoms with Gasteiger partial charge in [-0.3, -0.25) is 0 Å². The van der Waals surface area contributed by atoms with E-state index in [0.29, 0.717) is 0 Å². The van der Waals surface area contributed by atoms with Gasteiger partial charge in [0.15, 0.2) is 0 Å². The van der Waals surface area contributed by atoms with Crippen LogP contribution in [0, 0.1) is 13.8 Å². The van der Waals surface area contributed by atoms with Crippen molar-refractivity contribution in [2.45, 2.75) is 13.8 Å². The molecule has 2 nitrogen and oxygen atoms in total. The molecule has 3 rings (SSSR count). The Hall–Kier alpha value is -2.35. The van der Waals surface area contributed by atoms with E-state index in [9.17, 15) is 0 Å². The SMILES string of the molecule is COc1cccc(-c2ccc3c(C)cc(C)cc3n2)c1. The van der Waals surface area contributed by atoms with Gasteiger partial charge in [-0.2, -0.15) is 0 Å². The van der Waals surface area contributed by atoms with Gasteiger partial charge in [0.05, 0.1) is 18.3 Å². The number of benzene rings is 2. The predicted octanol–water partition coefficient (Wildman–Crippen LogP) is 4.53. The van der Waals surface area contributed by atoms with E-state index in [2.05, 4.69) is 44.2 Å². The average Bonchev–Trinajstić information content (AvgIpc) is 2.46.